The first-order valence-electron chi connectivity index (χ1n) is 6.01. The molecular formula is C11H16N4O3S. The minimum Gasteiger partial charge on any atom is -0.368 e. The van der Waals surface area contributed by atoms with Gasteiger partial charge in [-0.2, -0.15) is 0 Å². The van der Waals surface area contributed by atoms with Gasteiger partial charge in [0.2, 0.25) is 5.91 Å². The Morgan fingerprint density at radius 1 is 1.47 bits per heavy atom. The molecule has 0 bridgehead atoms. The van der Waals surface area contributed by atoms with Crippen molar-refractivity contribution >= 4 is 27.9 Å². The molecule has 0 saturated carbocycles. The first-order chi connectivity index (χ1) is 9.00. The third-order valence-electron chi connectivity index (χ3n) is 3.38. The van der Waals surface area contributed by atoms with Crippen LogP contribution >= 0.6 is 11.3 Å². The summed E-state index contributed by atoms with van der Waals surface area (Å²) in [6.07, 6.45) is 0. The average molecular weight is 284 g/mol. The number of primary amides is 1. The van der Waals surface area contributed by atoms with Gasteiger partial charge in [0.1, 0.15) is 0 Å². The lowest BCUT2D eigenvalue weighted by Gasteiger charge is -2.37. The number of carbonyl (C=O) groups is 1. The van der Waals surface area contributed by atoms with E-state index < -0.39 is 0 Å². The van der Waals surface area contributed by atoms with Crippen LogP contribution in [0.3, 0.4) is 0 Å². The summed E-state index contributed by atoms with van der Waals surface area (Å²) in [7, 11) is 0. The lowest BCUT2D eigenvalue weighted by atomic mass is 10.2. The van der Waals surface area contributed by atoms with Crippen LogP contribution in [0.15, 0.2) is 11.4 Å². The molecule has 8 heteroatoms. The van der Waals surface area contributed by atoms with Gasteiger partial charge >= 0.3 is 5.69 Å². The van der Waals surface area contributed by atoms with Crippen molar-refractivity contribution in [3.8, 4) is 0 Å². The van der Waals surface area contributed by atoms with E-state index in [4.69, 9.17) is 5.73 Å². The van der Waals surface area contributed by atoms with Crippen molar-refractivity contribution in [2.24, 2.45) is 5.73 Å². The molecule has 1 atom stereocenters. The predicted octanol–water partition coefficient (Wildman–Crippen LogP) is 0.652. The number of piperazine rings is 1. The fourth-order valence-electron chi connectivity index (χ4n) is 2.16. The van der Waals surface area contributed by atoms with E-state index in [2.05, 4.69) is 0 Å². The molecule has 19 heavy (non-hydrogen) atoms. The van der Waals surface area contributed by atoms with Crippen molar-refractivity contribution in [3.63, 3.8) is 0 Å². The number of hydrogen-bond donors (Lipinski definition) is 1. The van der Waals surface area contributed by atoms with Crippen LogP contribution in [-0.2, 0) is 4.79 Å². The highest BCUT2D eigenvalue weighted by Crippen LogP contribution is 2.34. The molecule has 0 spiro atoms. The molecule has 1 aromatic heterocycles. The maximum absolute atomic E-state index is 11.1. The van der Waals surface area contributed by atoms with Crippen LogP contribution in [0.25, 0.3) is 0 Å². The van der Waals surface area contributed by atoms with E-state index in [0.717, 1.165) is 0 Å². The van der Waals surface area contributed by atoms with E-state index >= 15 is 0 Å². The van der Waals surface area contributed by atoms with Gasteiger partial charge in [-0.15, -0.1) is 11.3 Å². The highest BCUT2D eigenvalue weighted by atomic mass is 32.1. The second-order valence-corrected chi connectivity index (χ2v) is 5.36. The Hall–Kier alpha value is -1.67. The van der Waals surface area contributed by atoms with E-state index in [-0.39, 0.29) is 22.6 Å². The maximum Gasteiger partial charge on any atom is 0.303 e. The molecule has 104 valence electrons. The topological polar surface area (TPSA) is 92.7 Å². The molecule has 1 amide bonds. The Morgan fingerprint density at radius 3 is 2.63 bits per heavy atom. The average Bonchev–Trinajstić information content (AvgIpc) is 2.87. The summed E-state index contributed by atoms with van der Waals surface area (Å²) in [5.74, 6) is -0.337. The van der Waals surface area contributed by atoms with Gasteiger partial charge in [0.15, 0.2) is 5.00 Å². The summed E-state index contributed by atoms with van der Waals surface area (Å²) in [5.41, 5.74) is 5.43. The minimum absolute atomic E-state index is 0.154. The Kier molecular flexibility index (Phi) is 4.01. The summed E-state index contributed by atoms with van der Waals surface area (Å²) < 4.78 is 0. The fraction of sp³-hybridized carbons (Fsp3) is 0.545. The molecule has 7 nitrogen and oxygen atoms in total. The number of thiophene rings is 1. The second kappa shape index (κ2) is 5.54. The monoisotopic (exact) mass is 284 g/mol. The quantitative estimate of drug-likeness (QED) is 0.647. The molecule has 0 aliphatic carbocycles. The minimum atomic E-state index is -0.357. The van der Waals surface area contributed by atoms with E-state index in [9.17, 15) is 14.9 Å². The number of nitrogens with two attached hydrogens (primary N) is 1. The first kappa shape index (κ1) is 13.8. The van der Waals surface area contributed by atoms with Crippen LogP contribution in [0.2, 0.25) is 0 Å². The Bertz CT molecular complexity index is 482. The smallest absolute Gasteiger partial charge is 0.303 e. The van der Waals surface area contributed by atoms with Gasteiger partial charge in [-0.25, -0.2) is 0 Å². The third-order valence-corrected chi connectivity index (χ3v) is 4.35. The molecule has 1 aliphatic rings. The summed E-state index contributed by atoms with van der Waals surface area (Å²) in [4.78, 5) is 25.7. The van der Waals surface area contributed by atoms with Gasteiger partial charge in [0, 0.05) is 32.2 Å². The van der Waals surface area contributed by atoms with Gasteiger partial charge in [-0.05, 0) is 12.3 Å². The molecule has 1 aromatic rings. The van der Waals surface area contributed by atoms with Gasteiger partial charge in [-0.3, -0.25) is 19.8 Å². The zero-order chi connectivity index (χ0) is 14.0. The maximum atomic E-state index is 11.1. The zero-order valence-corrected chi connectivity index (χ0v) is 11.4. The molecule has 1 saturated heterocycles. The van der Waals surface area contributed by atoms with Gasteiger partial charge in [0.25, 0.3) is 0 Å². The number of amides is 1. The molecule has 1 fully saturated rings. The van der Waals surface area contributed by atoms with Crippen molar-refractivity contribution in [2.45, 2.75) is 13.0 Å². The summed E-state index contributed by atoms with van der Waals surface area (Å²) in [6, 6.07) is 1.23. The molecule has 1 aliphatic heterocycles. The summed E-state index contributed by atoms with van der Waals surface area (Å²) >= 11 is 1.37. The Labute approximate surface area is 114 Å². The lowest BCUT2D eigenvalue weighted by Crippen LogP contribution is -2.53. The standard InChI is InChI=1S/C11H16N4O3S/c1-8(10(12)16)13-3-5-14(6-4-13)11-9(15(17)18)2-7-19-11/h2,7-8H,3-6H2,1H3,(H2,12,16)/t8-/m0/s1. The van der Waals surface area contributed by atoms with Gasteiger partial charge < -0.3 is 10.6 Å². The molecule has 0 radical (unpaired) electrons. The van der Waals surface area contributed by atoms with E-state index in [1.807, 2.05) is 9.80 Å². The van der Waals surface area contributed by atoms with Crippen molar-refractivity contribution in [2.75, 3.05) is 31.1 Å². The van der Waals surface area contributed by atoms with Crippen LogP contribution in [0.1, 0.15) is 6.92 Å². The van der Waals surface area contributed by atoms with Crippen molar-refractivity contribution in [1.29, 1.82) is 0 Å². The van der Waals surface area contributed by atoms with Gasteiger partial charge in [-0.1, -0.05) is 0 Å². The first-order valence-corrected chi connectivity index (χ1v) is 6.89. The molecule has 2 rings (SSSR count). The number of nitrogens with zero attached hydrogens (tertiary/aromatic N) is 3. The largest absolute Gasteiger partial charge is 0.368 e. The van der Waals surface area contributed by atoms with E-state index in [1.54, 1.807) is 12.3 Å². The van der Waals surface area contributed by atoms with Crippen LogP contribution in [0.5, 0.6) is 0 Å². The highest BCUT2D eigenvalue weighted by molar-refractivity contribution is 7.14. The van der Waals surface area contributed by atoms with Crippen molar-refractivity contribution in [1.82, 2.24) is 4.90 Å². The van der Waals surface area contributed by atoms with E-state index in [0.29, 0.717) is 31.2 Å². The second-order valence-electron chi connectivity index (χ2n) is 4.47. The van der Waals surface area contributed by atoms with E-state index in [1.165, 1.54) is 17.4 Å². The van der Waals surface area contributed by atoms with Crippen LogP contribution in [-0.4, -0.2) is 48.0 Å². The number of carbonyl (C=O) groups excluding carboxylic acids is 1. The van der Waals surface area contributed by atoms with Crippen molar-refractivity contribution < 1.29 is 9.72 Å². The van der Waals surface area contributed by atoms with Crippen molar-refractivity contribution in [3.05, 3.63) is 21.6 Å². The normalized spacial score (nSPS) is 18.3. The number of anilines is 1. The fourth-order valence-corrected chi connectivity index (χ4v) is 3.08. The summed E-state index contributed by atoms with van der Waals surface area (Å²) in [6.45, 7) is 4.47. The predicted molar refractivity (Wildman–Crippen MR) is 73.4 cm³/mol. The van der Waals surface area contributed by atoms with Crippen LogP contribution in [0.4, 0.5) is 10.7 Å². The molecule has 0 aromatic carbocycles. The number of rotatable bonds is 4. The molecular weight excluding hydrogens is 268 g/mol. The summed E-state index contributed by atoms with van der Waals surface area (Å²) in [5, 5.41) is 13.3. The SMILES string of the molecule is C[C@@H](C(N)=O)N1CCN(c2sccc2[N+](=O)[O-])CC1. The van der Waals surface area contributed by atoms with Crippen LogP contribution in [0, 0.1) is 10.1 Å². The molecule has 0 unspecified atom stereocenters. The Morgan fingerprint density at radius 2 is 2.11 bits per heavy atom. The lowest BCUT2D eigenvalue weighted by molar-refractivity contribution is -0.383. The zero-order valence-electron chi connectivity index (χ0n) is 10.6. The van der Waals surface area contributed by atoms with Gasteiger partial charge in [0.05, 0.1) is 11.0 Å². The van der Waals surface area contributed by atoms with Crippen LogP contribution < -0.4 is 10.6 Å². The highest BCUT2D eigenvalue weighted by Gasteiger charge is 2.28. The third kappa shape index (κ3) is 2.85. The number of hydrogen-bond acceptors (Lipinski definition) is 6. The molecule has 2 heterocycles. The molecule has 2 N–H and O–H groups in total. The Balaban J connectivity index is 2.02. The number of nitro groups is 1.